The lowest BCUT2D eigenvalue weighted by Gasteiger charge is -2.11. The molecule has 0 radical (unpaired) electrons. The van der Waals surface area contributed by atoms with Gasteiger partial charge in [-0.1, -0.05) is 12.0 Å². The zero-order valence-electron chi connectivity index (χ0n) is 14.4. The molecule has 0 spiro atoms. The maximum atomic E-state index is 11.3. The fourth-order valence-corrected chi connectivity index (χ4v) is 2.61. The maximum absolute atomic E-state index is 11.3. The smallest absolute Gasteiger partial charge is 0.408 e. The molecule has 0 aliphatic heterocycles. The van der Waals surface area contributed by atoms with E-state index >= 15 is 0 Å². The van der Waals surface area contributed by atoms with Gasteiger partial charge in [-0.15, -0.1) is 6.42 Å². The zero-order chi connectivity index (χ0) is 18.8. The number of nitrogens with zero attached hydrogens (tertiary/aromatic N) is 2. The van der Waals surface area contributed by atoms with Crippen LogP contribution >= 0.6 is 0 Å². The van der Waals surface area contributed by atoms with Gasteiger partial charge in [0.15, 0.2) is 5.58 Å². The maximum Gasteiger partial charge on any atom is 0.417 e. The van der Waals surface area contributed by atoms with Gasteiger partial charge in [0.05, 0.1) is 5.52 Å². The third-order valence-electron chi connectivity index (χ3n) is 3.94. The van der Waals surface area contributed by atoms with Crippen LogP contribution in [0, 0.1) is 19.3 Å². The first kappa shape index (κ1) is 16.4. The highest BCUT2D eigenvalue weighted by atomic mass is 16.4. The molecule has 2 aromatic carbocycles. The van der Waals surface area contributed by atoms with Gasteiger partial charge in [0.2, 0.25) is 5.95 Å². The lowest BCUT2D eigenvalue weighted by Crippen LogP contribution is -2.03. The van der Waals surface area contributed by atoms with Crippen LogP contribution in [0.1, 0.15) is 11.1 Å². The molecular weight excluding hydrogens is 342 g/mol. The van der Waals surface area contributed by atoms with Crippen LogP contribution in [0.15, 0.2) is 57.9 Å². The molecule has 132 valence electrons. The highest BCUT2D eigenvalue weighted by Gasteiger charge is 2.07. The number of hydrogen-bond donors (Lipinski definition) is 3. The number of aromatic nitrogens is 3. The predicted molar refractivity (Wildman–Crippen MR) is 105 cm³/mol. The van der Waals surface area contributed by atoms with Crippen LogP contribution < -0.4 is 16.4 Å². The van der Waals surface area contributed by atoms with Gasteiger partial charge < -0.3 is 15.1 Å². The molecule has 0 aliphatic rings. The van der Waals surface area contributed by atoms with Gasteiger partial charge in [-0.3, -0.25) is 4.98 Å². The largest absolute Gasteiger partial charge is 0.417 e. The van der Waals surface area contributed by atoms with Crippen molar-refractivity contribution >= 4 is 34.2 Å². The van der Waals surface area contributed by atoms with E-state index in [1.165, 1.54) is 0 Å². The van der Waals surface area contributed by atoms with Crippen LogP contribution in [-0.2, 0) is 0 Å². The summed E-state index contributed by atoms with van der Waals surface area (Å²) in [6.07, 6.45) is 7.16. The van der Waals surface area contributed by atoms with Crippen LogP contribution in [0.25, 0.3) is 11.1 Å². The predicted octanol–water partition coefficient (Wildman–Crippen LogP) is 3.69. The summed E-state index contributed by atoms with van der Waals surface area (Å²) < 4.78 is 5.01. The number of H-pyrrole nitrogens is 1. The third kappa shape index (κ3) is 3.50. The van der Waals surface area contributed by atoms with E-state index in [1.807, 2.05) is 37.3 Å². The average Bonchev–Trinajstić information content (AvgIpc) is 3.04. The van der Waals surface area contributed by atoms with Gasteiger partial charge >= 0.3 is 5.76 Å². The number of oxazole rings is 1. The monoisotopic (exact) mass is 357 g/mol. The summed E-state index contributed by atoms with van der Waals surface area (Å²) in [6.45, 7) is 1.91. The summed E-state index contributed by atoms with van der Waals surface area (Å²) in [5.41, 5.74) is 4.33. The molecule has 0 unspecified atom stereocenters. The Kier molecular flexibility index (Phi) is 4.07. The van der Waals surface area contributed by atoms with E-state index in [9.17, 15) is 4.79 Å². The lowest BCUT2D eigenvalue weighted by molar-refractivity contribution is 0.555. The van der Waals surface area contributed by atoms with Crippen LogP contribution in [0.3, 0.4) is 0 Å². The Balaban J connectivity index is 1.61. The topological polar surface area (TPSA) is 95.8 Å². The Labute approximate surface area is 154 Å². The summed E-state index contributed by atoms with van der Waals surface area (Å²) in [7, 11) is 0. The second-order valence-electron chi connectivity index (χ2n) is 5.93. The molecule has 0 fully saturated rings. The van der Waals surface area contributed by atoms with Crippen LogP contribution in [0.2, 0.25) is 0 Å². The number of terminal acetylenes is 1. The minimum Gasteiger partial charge on any atom is -0.408 e. The zero-order valence-corrected chi connectivity index (χ0v) is 14.4. The van der Waals surface area contributed by atoms with Crippen LogP contribution in [-0.4, -0.2) is 15.0 Å². The number of aromatic amines is 1. The number of rotatable bonds is 4. The van der Waals surface area contributed by atoms with Crippen molar-refractivity contribution in [2.75, 3.05) is 10.6 Å². The van der Waals surface area contributed by atoms with Gasteiger partial charge in [-0.05, 0) is 43.3 Å². The van der Waals surface area contributed by atoms with Gasteiger partial charge in [-0.2, -0.15) is 4.98 Å². The highest BCUT2D eigenvalue weighted by molar-refractivity contribution is 5.78. The van der Waals surface area contributed by atoms with E-state index in [0.29, 0.717) is 22.9 Å². The number of anilines is 4. The standard InChI is InChI=1S/C20H15N5O2/c1-3-13-5-4-6-14(9-13)23-19-21-11-12(2)18(25-19)22-15-7-8-17-16(10-15)24-20(26)27-17/h1,4-11H,2H3,(H,24,26)(H2,21,22,23,25). The summed E-state index contributed by atoms with van der Waals surface area (Å²) >= 11 is 0. The fraction of sp³-hybridized carbons (Fsp3) is 0.0500. The molecule has 0 amide bonds. The van der Waals surface area contributed by atoms with Crippen molar-refractivity contribution in [3.05, 3.63) is 70.3 Å². The summed E-state index contributed by atoms with van der Waals surface area (Å²) in [6, 6.07) is 12.8. The van der Waals surface area contributed by atoms with E-state index in [1.54, 1.807) is 18.3 Å². The minimum atomic E-state index is -0.485. The molecule has 0 atom stereocenters. The van der Waals surface area contributed by atoms with Crippen molar-refractivity contribution in [2.24, 2.45) is 0 Å². The van der Waals surface area contributed by atoms with Gasteiger partial charge in [0.1, 0.15) is 5.82 Å². The number of nitrogens with one attached hydrogen (secondary N) is 3. The molecule has 3 N–H and O–H groups in total. The number of hydrogen-bond acceptors (Lipinski definition) is 6. The van der Waals surface area contributed by atoms with E-state index in [4.69, 9.17) is 10.8 Å². The number of benzene rings is 2. The average molecular weight is 357 g/mol. The highest BCUT2D eigenvalue weighted by Crippen LogP contribution is 2.23. The normalized spacial score (nSPS) is 10.5. The van der Waals surface area contributed by atoms with Crippen LogP contribution in [0.4, 0.5) is 23.1 Å². The summed E-state index contributed by atoms with van der Waals surface area (Å²) in [4.78, 5) is 22.8. The molecule has 2 heterocycles. The summed E-state index contributed by atoms with van der Waals surface area (Å²) in [5, 5.41) is 6.38. The second kappa shape index (κ2) is 6.69. The fourth-order valence-electron chi connectivity index (χ4n) is 2.61. The van der Waals surface area contributed by atoms with E-state index in [0.717, 1.165) is 22.5 Å². The lowest BCUT2D eigenvalue weighted by atomic mass is 10.2. The molecule has 7 nitrogen and oxygen atoms in total. The van der Waals surface area contributed by atoms with Crippen molar-refractivity contribution in [1.82, 2.24) is 15.0 Å². The van der Waals surface area contributed by atoms with E-state index in [2.05, 4.69) is 31.5 Å². The Morgan fingerprint density at radius 3 is 2.85 bits per heavy atom. The molecule has 0 saturated carbocycles. The van der Waals surface area contributed by atoms with Crippen molar-refractivity contribution < 1.29 is 4.42 Å². The van der Waals surface area contributed by atoms with Crippen molar-refractivity contribution in [1.29, 1.82) is 0 Å². The number of aryl methyl sites for hydroxylation is 1. The van der Waals surface area contributed by atoms with Crippen LogP contribution in [0.5, 0.6) is 0 Å². The van der Waals surface area contributed by atoms with Crippen molar-refractivity contribution in [3.8, 4) is 12.3 Å². The molecular formula is C20H15N5O2. The summed E-state index contributed by atoms with van der Waals surface area (Å²) in [5.74, 6) is 3.20. The molecule has 0 saturated heterocycles. The third-order valence-corrected chi connectivity index (χ3v) is 3.94. The quantitative estimate of drug-likeness (QED) is 0.482. The molecule has 0 aliphatic carbocycles. The van der Waals surface area contributed by atoms with Gasteiger partial charge in [-0.25, -0.2) is 9.78 Å². The first-order valence-electron chi connectivity index (χ1n) is 8.18. The molecule has 7 heteroatoms. The van der Waals surface area contributed by atoms with Crippen molar-refractivity contribution in [3.63, 3.8) is 0 Å². The van der Waals surface area contributed by atoms with Gasteiger partial charge in [0, 0.05) is 28.7 Å². The van der Waals surface area contributed by atoms with Gasteiger partial charge in [0.25, 0.3) is 0 Å². The number of fused-ring (bicyclic) bond motifs is 1. The van der Waals surface area contributed by atoms with E-state index < -0.39 is 5.76 Å². The molecule has 4 rings (SSSR count). The minimum absolute atomic E-state index is 0.440. The molecule has 27 heavy (non-hydrogen) atoms. The van der Waals surface area contributed by atoms with Crippen molar-refractivity contribution in [2.45, 2.75) is 6.92 Å². The molecule has 4 aromatic rings. The Bertz CT molecular complexity index is 1230. The first-order valence-corrected chi connectivity index (χ1v) is 8.18. The molecule has 2 aromatic heterocycles. The second-order valence-corrected chi connectivity index (χ2v) is 5.93. The Morgan fingerprint density at radius 1 is 1.15 bits per heavy atom. The SMILES string of the molecule is C#Cc1cccc(Nc2ncc(C)c(Nc3ccc4oc(=O)[nH]c4c3)n2)c1. The Hall–Kier alpha value is -4.05. The Morgan fingerprint density at radius 2 is 2.00 bits per heavy atom. The first-order chi connectivity index (χ1) is 13.1. The molecule has 0 bridgehead atoms. The van der Waals surface area contributed by atoms with E-state index in [-0.39, 0.29) is 0 Å².